The second kappa shape index (κ2) is 7.64. The van der Waals surface area contributed by atoms with E-state index in [0.717, 1.165) is 0 Å². The van der Waals surface area contributed by atoms with E-state index in [4.69, 9.17) is 4.74 Å². The van der Waals surface area contributed by atoms with Crippen LogP contribution in [0.4, 0.5) is 4.79 Å². The van der Waals surface area contributed by atoms with Crippen LogP contribution in [0.2, 0.25) is 0 Å². The molecule has 0 bridgehead atoms. The molecule has 2 unspecified atom stereocenters. The van der Waals surface area contributed by atoms with Gasteiger partial charge in [0.15, 0.2) is 0 Å². The molecule has 146 valence electrons. The van der Waals surface area contributed by atoms with Crippen LogP contribution in [-0.4, -0.2) is 54.4 Å². The molecule has 28 heavy (non-hydrogen) atoms. The minimum absolute atomic E-state index is 0.0311. The number of piperidine rings is 1. The van der Waals surface area contributed by atoms with Crippen molar-refractivity contribution in [3.8, 4) is 11.1 Å². The predicted molar refractivity (Wildman–Crippen MR) is 105 cm³/mol. The second-order valence-electron chi connectivity index (χ2n) is 7.54. The van der Waals surface area contributed by atoms with E-state index in [1.165, 1.54) is 22.3 Å². The van der Waals surface area contributed by atoms with Gasteiger partial charge in [0.2, 0.25) is 0 Å². The van der Waals surface area contributed by atoms with Crippen molar-refractivity contribution in [2.24, 2.45) is 0 Å². The van der Waals surface area contributed by atoms with E-state index in [9.17, 15) is 14.7 Å². The fourth-order valence-electron chi connectivity index (χ4n) is 4.38. The fourth-order valence-corrected chi connectivity index (χ4v) is 4.38. The van der Waals surface area contributed by atoms with Gasteiger partial charge in [-0.1, -0.05) is 48.5 Å². The maximum Gasteiger partial charge on any atom is 0.407 e. The number of likely N-dealkylation sites (tertiary alicyclic amines) is 1. The number of hydrogen-bond acceptors (Lipinski definition) is 4. The highest BCUT2D eigenvalue weighted by Gasteiger charge is 2.32. The number of ether oxygens (including phenoxy) is 1. The number of carbonyl (C=O) groups excluding carboxylic acids is 1. The first kappa shape index (κ1) is 18.5. The number of alkyl carbamates (subject to hydrolysis) is 1. The number of hydrogen-bond donors (Lipinski definition) is 2. The van der Waals surface area contributed by atoms with Gasteiger partial charge in [-0.2, -0.15) is 0 Å². The number of carboxylic acids is 1. The number of aliphatic carboxylic acids is 1. The highest BCUT2D eigenvalue weighted by Crippen LogP contribution is 2.44. The molecule has 1 fully saturated rings. The number of nitrogens with zero attached hydrogens (tertiary/aromatic N) is 1. The lowest BCUT2D eigenvalue weighted by molar-refractivity contribution is -0.144. The molecule has 1 aliphatic carbocycles. The van der Waals surface area contributed by atoms with Gasteiger partial charge in [0.25, 0.3) is 0 Å². The number of benzene rings is 2. The summed E-state index contributed by atoms with van der Waals surface area (Å²) in [4.78, 5) is 25.3. The van der Waals surface area contributed by atoms with Gasteiger partial charge < -0.3 is 15.2 Å². The SMILES string of the molecule is CN1CC(NC(=O)OCC2c3ccccc3-c3ccccc32)CCC1C(=O)O. The highest BCUT2D eigenvalue weighted by atomic mass is 16.5. The molecule has 1 heterocycles. The average molecular weight is 380 g/mol. The Morgan fingerprint density at radius 1 is 1.07 bits per heavy atom. The molecule has 0 aromatic heterocycles. The fraction of sp³-hybridized carbons (Fsp3) is 0.364. The van der Waals surface area contributed by atoms with Gasteiger partial charge >= 0.3 is 12.1 Å². The van der Waals surface area contributed by atoms with Crippen molar-refractivity contribution in [3.05, 3.63) is 59.7 Å². The summed E-state index contributed by atoms with van der Waals surface area (Å²) in [6.07, 6.45) is 0.695. The molecule has 0 radical (unpaired) electrons. The third-order valence-electron chi connectivity index (χ3n) is 5.78. The molecular formula is C22H24N2O4. The zero-order valence-corrected chi connectivity index (χ0v) is 15.8. The van der Waals surface area contributed by atoms with Gasteiger partial charge in [-0.05, 0) is 42.1 Å². The standard InChI is InChI=1S/C22H24N2O4/c1-24-12-14(10-11-20(24)21(25)26)23-22(27)28-13-19-17-8-4-2-6-15(17)16-7-3-5-9-18(16)19/h2-9,14,19-20H,10-13H2,1H3,(H,23,27)(H,25,26). The van der Waals surface area contributed by atoms with Crippen LogP contribution in [0.15, 0.2) is 48.5 Å². The maximum absolute atomic E-state index is 12.3. The van der Waals surface area contributed by atoms with Crippen molar-refractivity contribution in [1.82, 2.24) is 10.2 Å². The molecule has 0 saturated carbocycles. The van der Waals surface area contributed by atoms with Crippen molar-refractivity contribution in [2.75, 3.05) is 20.2 Å². The molecular weight excluding hydrogens is 356 g/mol. The van der Waals surface area contributed by atoms with Crippen LogP contribution < -0.4 is 5.32 Å². The van der Waals surface area contributed by atoms with E-state index in [1.807, 2.05) is 24.3 Å². The van der Waals surface area contributed by atoms with Gasteiger partial charge in [0.1, 0.15) is 12.6 Å². The van der Waals surface area contributed by atoms with Crippen LogP contribution in [0.1, 0.15) is 29.9 Å². The summed E-state index contributed by atoms with van der Waals surface area (Å²) in [5.41, 5.74) is 4.75. The van der Waals surface area contributed by atoms with E-state index < -0.39 is 18.1 Å². The smallest absolute Gasteiger partial charge is 0.407 e. The highest BCUT2D eigenvalue weighted by molar-refractivity contribution is 5.79. The summed E-state index contributed by atoms with van der Waals surface area (Å²) >= 11 is 0. The average Bonchev–Trinajstić information content (AvgIpc) is 3.00. The summed E-state index contributed by atoms with van der Waals surface area (Å²) < 4.78 is 5.57. The van der Waals surface area contributed by atoms with Crippen molar-refractivity contribution < 1.29 is 19.4 Å². The van der Waals surface area contributed by atoms with E-state index in [-0.39, 0.29) is 18.6 Å². The Hall–Kier alpha value is -2.86. The first-order chi connectivity index (χ1) is 13.5. The lowest BCUT2D eigenvalue weighted by atomic mass is 9.98. The lowest BCUT2D eigenvalue weighted by Crippen LogP contribution is -2.52. The minimum atomic E-state index is -0.818. The van der Waals surface area contributed by atoms with E-state index in [0.29, 0.717) is 19.4 Å². The number of rotatable bonds is 4. The van der Waals surface area contributed by atoms with Gasteiger partial charge in [-0.3, -0.25) is 9.69 Å². The van der Waals surface area contributed by atoms with Gasteiger partial charge in [-0.15, -0.1) is 0 Å². The van der Waals surface area contributed by atoms with Crippen molar-refractivity contribution in [2.45, 2.75) is 30.8 Å². The number of carbonyl (C=O) groups is 2. The number of carboxylic acid groups (broad SMARTS) is 1. The van der Waals surface area contributed by atoms with Crippen LogP contribution in [0.3, 0.4) is 0 Å². The molecule has 0 spiro atoms. The molecule has 6 nitrogen and oxygen atoms in total. The van der Waals surface area contributed by atoms with Gasteiger partial charge in [-0.25, -0.2) is 4.79 Å². The molecule has 1 saturated heterocycles. The second-order valence-corrected chi connectivity index (χ2v) is 7.54. The first-order valence-corrected chi connectivity index (χ1v) is 9.59. The summed E-state index contributed by atoms with van der Waals surface area (Å²) in [5, 5.41) is 12.1. The van der Waals surface area contributed by atoms with Crippen LogP contribution in [0.5, 0.6) is 0 Å². The molecule has 1 aliphatic heterocycles. The van der Waals surface area contributed by atoms with E-state index in [2.05, 4.69) is 29.6 Å². The molecule has 2 aromatic rings. The Morgan fingerprint density at radius 2 is 1.68 bits per heavy atom. The van der Waals surface area contributed by atoms with Crippen molar-refractivity contribution in [1.29, 1.82) is 0 Å². The monoisotopic (exact) mass is 380 g/mol. The minimum Gasteiger partial charge on any atom is -0.480 e. The largest absolute Gasteiger partial charge is 0.480 e. The van der Waals surface area contributed by atoms with E-state index >= 15 is 0 Å². The maximum atomic E-state index is 12.3. The number of fused-ring (bicyclic) bond motifs is 3. The van der Waals surface area contributed by atoms with Crippen molar-refractivity contribution >= 4 is 12.1 Å². The van der Waals surface area contributed by atoms with Crippen LogP contribution in [0.25, 0.3) is 11.1 Å². The molecule has 2 aromatic carbocycles. The number of likely N-dealkylation sites (N-methyl/N-ethyl adjacent to an activating group) is 1. The Balaban J connectivity index is 1.38. The van der Waals surface area contributed by atoms with Crippen LogP contribution >= 0.6 is 0 Å². The summed E-state index contributed by atoms with van der Waals surface area (Å²) in [7, 11) is 1.77. The summed E-state index contributed by atoms with van der Waals surface area (Å²) in [5.74, 6) is -0.786. The van der Waals surface area contributed by atoms with Gasteiger partial charge in [0.05, 0.1) is 0 Å². The Morgan fingerprint density at radius 3 is 2.25 bits per heavy atom. The third-order valence-corrected chi connectivity index (χ3v) is 5.78. The lowest BCUT2D eigenvalue weighted by Gasteiger charge is -2.34. The summed E-state index contributed by atoms with van der Waals surface area (Å²) in [6.45, 7) is 0.779. The Bertz CT molecular complexity index is 852. The van der Waals surface area contributed by atoms with Crippen LogP contribution in [-0.2, 0) is 9.53 Å². The molecule has 4 rings (SSSR count). The molecule has 2 aliphatic rings. The van der Waals surface area contributed by atoms with Gasteiger partial charge in [0, 0.05) is 18.5 Å². The number of amides is 1. The van der Waals surface area contributed by atoms with Crippen LogP contribution in [0, 0.1) is 0 Å². The molecule has 2 N–H and O–H groups in total. The van der Waals surface area contributed by atoms with Crippen molar-refractivity contribution in [3.63, 3.8) is 0 Å². The zero-order chi connectivity index (χ0) is 19.7. The molecule has 2 atom stereocenters. The normalized spacial score (nSPS) is 21.6. The molecule has 6 heteroatoms. The predicted octanol–water partition coefficient (Wildman–Crippen LogP) is 3.07. The Kier molecular flexibility index (Phi) is 5.05. The third kappa shape index (κ3) is 3.47. The zero-order valence-electron chi connectivity index (χ0n) is 15.8. The molecule has 1 amide bonds. The van der Waals surface area contributed by atoms with E-state index in [1.54, 1.807) is 11.9 Å². The summed E-state index contributed by atoms with van der Waals surface area (Å²) in [6, 6.07) is 15.9. The Labute approximate surface area is 164 Å². The topological polar surface area (TPSA) is 78.9 Å². The quantitative estimate of drug-likeness (QED) is 0.852. The first-order valence-electron chi connectivity index (χ1n) is 9.59. The number of nitrogens with one attached hydrogen (secondary N) is 1.